The maximum Gasteiger partial charge on any atom is 0.254 e. The minimum atomic E-state index is -0.366. The van der Waals surface area contributed by atoms with Gasteiger partial charge in [0.05, 0.1) is 18.7 Å². The van der Waals surface area contributed by atoms with Gasteiger partial charge < -0.3 is 24.8 Å². The number of carbonyl (C=O) groups excluding carboxylic acids is 3. The summed E-state index contributed by atoms with van der Waals surface area (Å²) >= 11 is 1.25. The first-order valence-electron chi connectivity index (χ1n) is 12.4. The number of aromatic nitrogens is 1. The van der Waals surface area contributed by atoms with Crippen molar-refractivity contribution in [3.8, 4) is 0 Å². The molecule has 0 radical (unpaired) electrons. The number of hydrogen-bond donors (Lipinski definition) is 1. The molecule has 0 saturated heterocycles. The zero-order chi connectivity index (χ0) is 27.3. The Morgan fingerprint density at radius 3 is 2.26 bits per heavy atom. The number of carbonyl (C=O) groups is 3. The Bertz CT molecular complexity index is 1170. The van der Waals surface area contributed by atoms with E-state index in [4.69, 9.17) is 4.74 Å². The molecule has 3 rings (SSSR count). The van der Waals surface area contributed by atoms with Crippen LogP contribution in [0, 0.1) is 0 Å². The molecule has 3 amide bonds. The number of nitrogens with one attached hydrogen (secondary N) is 1. The molecule has 0 atom stereocenters. The molecule has 38 heavy (non-hydrogen) atoms. The molecule has 0 bridgehead atoms. The van der Waals surface area contributed by atoms with Gasteiger partial charge in [-0.05, 0) is 31.8 Å². The summed E-state index contributed by atoms with van der Waals surface area (Å²) in [6.45, 7) is 2.32. The first kappa shape index (κ1) is 29.0. The lowest BCUT2D eigenvalue weighted by molar-refractivity contribution is -0.131. The van der Waals surface area contributed by atoms with Crippen molar-refractivity contribution in [1.29, 1.82) is 0 Å². The van der Waals surface area contributed by atoms with E-state index in [1.807, 2.05) is 60.3 Å². The summed E-state index contributed by atoms with van der Waals surface area (Å²) in [7, 11) is 5.50. The summed E-state index contributed by atoms with van der Waals surface area (Å²) < 4.78 is 5.11. The van der Waals surface area contributed by atoms with Gasteiger partial charge in [0, 0.05) is 44.2 Å². The molecule has 0 saturated carbocycles. The topological polar surface area (TPSA) is 95.1 Å². The minimum absolute atomic E-state index is 0.0296. The maximum absolute atomic E-state index is 13.1. The van der Waals surface area contributed by atoms with Gasteiger partial charge >= 0.3 is 0 Å². The van der Waals surface area contributed by atoms with Crippen LogP contribution in [0.5, 0.6) is 0 Å². The average molecular weight is 538 g/mol. The highest BCUT2D eigenvalue weighted by Gasteiger charge is 2.20. The minimum Gasteiger partial charge on any atom is -0.383 e. The number of benzene rings is 2. The van der Waals surface area contributed by atoms with Crippen LogP contribution in [0.15, 0.2) is 66.0 Å². The van der Waals surface area contributed by atoms with Crippen molar-refractivity contribution in [2.24, 2.45) is 0 Å². The molecular weight excluding hydrogens is 502 g/mol. The van der Waals surface area contributed by atoms with Crippen LogP contribution in [-0.4, -0.2) is 91.4 Å². The van der Waals surface area contributed by atoms with Crippen LogP contribution < -0.4 is 5.32 Å². The van der Waals surface area contributed by atoms with E-state index < -0.39 is 0 Å². The fourth-order valence-corrected chi connectivity index (χ4v) is 4.40. The van der Waals surface area contributed by atoms with Crippen molar-refractivity contribution in [2.45, 2.75) is 13.0 Å². The van der Waals surface area contributed by atoms with E-state index in [0.717, 1.165) is 12.1 Å². The van der Waals surface area contributed by atoms with Gasteiger partial charge in [0.2, 0.25) is 11.8 Å². The average Bonchev–Trinajstić information content (AvgIpc) is 3.35. The third-order valence-corrected chi connectivity index (χ3v) is 6.53. The van der Waals surface area contributed by atoms with Crippen molar-refractivity contribution in [2.75, 3.05) is 59.3 Å². The Morgan fingerprint density at radius 2 is 1.61 bits per heavy atom. The summed E-state index contributed by atoms with van der Waals surface area (Å²) in [4.78, 5) is 48.5. The number of likely N-dealkylation sites (N-methyl/N-ethyl adjacent to an activating group) is 1. The van der Waals surface area contributed by atoms with Crippen molar-refractivity contribution in [1.82, 2.24) is 19.7 Å². The largest absolute Gasteiger partial charge is 0.383 e. The lowest BCUT2D eigenvalue weighted by atomic mass is 10.2. The molecule has 0 spiro atoms. The zero-order valence-electron chi connectivity index (χ0n) is 22.1. The molecule has 9 nitrogen and oxygen atoms in total. The smallest absolute Gasteiger partial charge is 0.254 e. The van der Waals surface area contributed by atoms with Crippen LogP contribution in [0.1, 0.15) is 21.6 Å². The SMILES string of the molecule is COCCN(CC(=O)Nc1nc(CC(=O)N(CCN(C)C)Cc2ccccc2)cs1)C(=O)c1ccccc1. The van der Waals surface area contributed by atoms with Crippen molar-refractivity contribution >= 4 is 34.2 Å². The van der Waals surface area contributed by atoms with Gasteiger partial charge in [0.15, 0.2) is 5.13 Å². The van der Waals surface area contributed by atoms with Crippen LogP contribution in [0.2, 0.25) is 0 Å². The molecule has 0 aliphatic rings. The van der Waals surface area contributed by atoms with E-state index >= 15 is 0 Å². The predicted molar refractivity (Wildman–Crippen MR) is 149 cm³/mol. The Morgan fingerprint density at radius 1 is 0.921 bits per heavy atom. The van der Waals surface area contributed by atoms with E-state index in [1.165, 1.54) is 16.2 Å². The monoisotopic (exact) mass is 537 g/mol. The standard InChI is InChI=1S/C28H35N5O4S/c1-31(2)14-15-32(19-22-10-6-4-7-11-22)26(35)18-24-21-38-28(29-24)30-25(34)20-33(16-17-37-3)27(36)23-12-8-5-9-13-23/h4-13,21H,14-20H2,1-3H3,(H,29,30,34). The number of methoxy groups -OCH3 is 1. The lowest BCUT2D eigenvalue weighted by Crippen LogP contribution is -2.40. The van der Waals surface area contributed by atoms with Crippen molar-refractivity contribution in [3.05, 3.63) is 82.9 Å². The number of thiazole rings is 1. The lowest BCUT2D eigenvalue weighted by Gasteiger charge is -2.24. The summed E-state index contributed by atoms with van der Waals surface area (Å²) in [5, 5.41) is 4.92. The predicted octanol–water partition coefficient (Wildman–Crippen LogP) is 3.00. The summed E-state index contributed by atoms with van der Waals surface area (Å²) in [5.74, 6) is -0.646. The third-order valence-electron chi connectivity index (χ3n) is 5.72. The molecule has 1 heterocycles. The first-order valence-corrected chi connectivity index (χ1v) is 13.3. The third kappa shape index (κ3) is 9.37. The molecule has 0 aliphatic carbocycles. The van der Waals surface area contributed by atoms with Gasteiger partial charge in [0.25, 0.3) is 5.91 Å². The number of amides is 3. The maximum atomic E-state index is 13.1. The number of ether oxygens (including phenoxy) is 1. The highest BCUT2D eigenvalue weighted by atomic mass is 32.1. The van der Waals surface area contributed by atoms with Gasteiger partial charge in [-0.2, -0.15) is 0 Å². The van der Waals surface area contributed by atoms with Crippen LogP contribution in [0.4, 0.5) is 5.13 Å². The fraction of sp³-hybridized carbons (Fsp3) is 0.357. The van der Waals surface area contributed by atoms with Crippen LogP contribution in [0.25, 0.3) is 0 Å². The van der Waals surface area contributed by atoms with Crippen molar-refractivity contribution < 1.29 is 19.1 Å². The highest BCUT2D eigenvalue weighted by molar-refractivity contribution is 7.13. The van der Waals surface area contributed by atoms with Gasteiger partial charge in [-0.15, -0.1) is 11.3 Å². The first-order chi connectivity index (χ1) is 18.4. The highest BCUT2D eigenvalue weighted by Crippen LogP contribution is 2.17. The second kappa shape index (κ2) is 15.0. The molecule has 1 N–H and O–H groups in total. The van der Waals surface area contributed by atoms with E-state index in [1.54, 1.807) is 36.8 Å². The number of rotatable bonds is 14. The van der Waals surface area contributed by atoms with Crippen LogP contribution >= 0.6 is 11.3 Å². The molecule has 0 aliphatic heterocycles. The van der Waals surface area contributed by atoms with Gasteiger partial charge in [-0.1, -0.05) is 48.5 Å². The Hall–Kier alpha value is -3.60. The van der Waals surface area contributed by atoms with Gasteiger partial charge in [0.1, 0.15) is 6.54 Å². The molecule has 2 aromatic carbocycles. The molecule has 10 heteroatoms. The Kier molecular flexibility index (Phi) is 11.4. The second-order valence-corrected chi connectivity index (χ2v) is 9.92. The molecule has 0 unspecified atom stereocenters. The van der Waals surface area contributed by atoms with Gasteiger partial charge in [-0.25, -0.2) is 4.98 Å². The number of anilines is 1. The van der Waals surface area contributed by atoms with E-state index in [-0.39, 0.29) is 37.2 Å². The molecule has 0 fully saturated rings. The molecule has 3 aromatic rings. The Labute approximate surface area is 228 Å². The second-order valence-electron chi connectivity index (χ2n) is 9.06. The molecule has 1 aromatic heterocycles. The quantitative estimate of drug-likeness (QED) is 0.340. The van der Waals surface area contributed by atoms with E-state index in [0.29, 0.717) is 36.1 Å². The normalized spacial score (nSPS) is 10.8. The van der Waals surface area contributed by atoms with Crippen LogP contribution in [-0.2, 0) is 27.3 Å². The zero-order valence-corrected chi connectivity index (χ0v) is 22.9. The summed E-state index contributed by atoms with van der Waals surface area (Å²) in [6.07, 6.45) is 0.138. The van der Waals surface area contributed by atoms with E-state index in [2.05, 4.69) is 10.3 Å². The molecular formula is C28H35N5O4S. The van der Waals surface area contributed by atoms with Crippen molar-refractivity contribution in [3.63, 3.8) is 0 Å². The molecule has 202 valence electrons. The Balaban J connectivity index is 1.60. The van der Waals surface area contributed by atoms with E-state index in [9.17, 15) is 14.4 Å². The number of hydrogen-bond acceptors (Lipinski definition) is 7. The van der Waals surface area contributed by atoms with Gasteiger partial charge in [-0.3, -0.25) is 14.4 Å². The summed E-state index contributed by atoms with van der Waals surface area (Å²) in [6, 6.07) is 18.7. The number of nitrogens with zero attached hydrogens (tertiary/aromatic N) is 4. The fourth-order valence-electron chi connectivity index (χ4n) is 3.68. The van der Waals surface area contributed by atoms with Crippen LogP contribution in [0.3, 0.4) is 0 Å². The summed E-state index contributed by atoms with van der Waals surface area (Å²) in [5.41, 5.74) is 2.16.